The van der Waals surface area contributed by atoms with E-state index in [0.717, 1.165) is 17.0 Å². The predicted octanol–water partition coefficient (Wildman–Crippen LogP) is 1.91. The van der Waals surface area contributed by atoms with Gasteiger partial charge in [-0.05, 0) is 25.1 Å². The number of likely N-dealkylation sites (tertiary alicyclic amines) is 1. The van der Waals surface area contributed by atoms with Crippen molar-refractivity contribution in [2.75, 3.05) is 40.0 Å². The molecule has 0 spiro atoms. The van der Waals surface area contributed by atoms with Crippen molar-refractivity contribution >= 4 is 12.0 Å². The minimum absolute atomic E-state index is 0.0241. The minimum atomic E-state index is -0.489. The smallest absolute Gasteiger partial charge is 0.258 e. The number of nitrogens with zero attached hydrogens (tertiary/aromatic N) is 3. The van der Waals surface area contributed by atoms with Crippen molar-refractivity contribution < 1.29 is 19.4 Å². The summed E-state index contributed by atoms with van der Waals surface area (Å²) in [4.78, 5) is 31.2. The average Bonchev–Trinajstić information content (AvgIpc) is 3.41. The molecule has 4 heterocycles. The van der Waals surface area contributed by atoms with E-state index in [1.165, 1.54) is 0 Å². The molecule has 1 aromatic heterocycles. The SMILES string of the molecule is C/C=C\c1ccc2n(c1=O)C[C@@H]1[C@@H](CO)[C@H](C(=O)N3CCOCC3)N(Cc3ccccc3OC)[C@H]21. The maximum absolute atomic E-state index is 13.9. The summed E-state index contributed by atoms with van der Waals surface area (Å²) >= 11 is 0. The summed E-state index contributed by atoms with van der Waals surface area (Å²) < 4.78 is 12.9. The Morgan fingerprint density at radius 2 is 1.97 bits per heavy atom. The lowest BCUT2D eigenvalue weighted by Crippen LogP contribution is -2.52. The Labute approximate surface area is 205 Å². The van der Waals surface area contributed by atoms with Crippen LogP contribution in [0.25, 0.3) is 6.08 Å². The van der Waals surface area contributed by atoms with Gasteiger partial charge in [-0.2, -0.15) is 0 Å². The molecule has 1 aromatic carbocycles. The highest BCUT2D eigenvalue weighted by Gasteiger charge is 2.56. The molecule has 0 radical (unpaired) electrons. The highest BCUT2D eigenvalue weighted by molar-refractivity contribution is 5.83. The third kappa shape index (κ3) is 4.09. The Balaban J connectivity index is 1.59. The largest absolute Gasteiger partial charge is 0.496 e. The topological polar surface area (TPSA) is 84.2 Å². The number of carbonyl (C=O) groups excluding carboxylic acids is 1. The monoisotopic (exact) mass is 479 g/mol. The molecule has 0 saturated carbocycles. The van der Waals surface area contributed by atoms with Crippen LogP contribution < -0.4 is 10.3 Å². The number of aliphatic hydroxyl groups is 1. The van der Waals surface area contributed by atoms with Gasteiger partial charge in [-0.25, -0.2) is 0 Å². The van der Waals surface area contributed by atoms with E-state index >= 15 is 0 Å². The number of morpholine rings is 1. The summed E-state index contributed by atoms with van der Waals surface area (Å²) in [6.07, 6.45) is 3.69. The molecule has 35 heavy (non-hydrogen) atoms. The molecule has 2 fully saturated rings. The van der Waals surface area contributed by atoms with Crippen LogP contribution in [0.1, 0.15) is 29.8 Å². The Bertz CT molecular complexity index is 1170. The van der Waals surface area contributed by atoms with Gasteiger partial charge < -0.3 is 24.0 Å². The first-order valence-electron chi connectivity index (χ1n) is 12.3. The van der Waals surface area contributed by atoms with E-state index in [4.69, 9.17) is 9.47 Å². The van der Waals surface area contributed by atoms with Gasteiger partial charge in [-0.15, -0.1) is 0 Å². The molecular weight excluding hydrogens is 446 g/mol. The van der Waals surface area contributed by atoms with E-state index in [9.17, 15) is 14.7 Å². The summed E-state index contributed by atoms with van der Waals surface area (Å²) in [5.74, 6) is 0.455. The van der Waals surface area contributed by atoms with Gasteiger partial charge in [0.25, 0.3) is 5.56 Å². The summed E-state index contributed by atoms with van der Waals surface area (Å²) in [6.45, 7) is 4.89. The Kier molecular flexibility index (Phi) is 6.77. The molecule has 3 aliphatic heterocycles. The van der Waals surface area contributed by atoms with Gasteiger partial charge >= 0.3 is 0 Å². The number of methoxy groups -OCH3 is 1. The zero-order valence-corrected chi connectivity index (χ0v) is 20.3. The predicted molar refractivity (Wildman–Crippen MR) is 132 cm³/mol. The molecule has 3 aliphatic rings. The quantitative estimate of drug-likeness (QED) is 0.682. The zero-order chi connectivity index (χ0) is 24.5. The standard InChI is InChI=1S/C27H33N3O5/c1-3-6-18-9-10-22-24-20(16-29(22)26(18)32)21(17-31)25(27(33)28-11-13-35-14-12-28)30(24)15-19-7-4-5-8-23(19)34-2/h3-10,20-21,24-25,31H,11-17H2,1-2H3/b6-3-/t20-,21-,24+,25-/m1/s1. The maximum Gasteiger partial charge on any atom is 0.258 e. The van der Waals surface area contributed by atoms with Crippen molar-refractivity contribution in [3.8, 4) is 5.75 Å². The molecule has 0 aliphatic carbocycles. The molecule has 0 unspecified atom stereocenters. The first-order chi connectivity index (χ1) is 17.1. The van der Waals surface area contributed by atoms with Crippen molar-refractivity contribution in [3.63, 3.8) is 0 Å². The van der Waals surface area contributed by atoms with E-state index in [0.29, 0.717) is 45.0 Å². The number of benzene rings is 1. The number of rotatable bonds is 6. The molecule has 1 N–H and O–H groups in total. The summed E-state index contributed by atoms with van der Waals surface area (Å²) in [7, 11) is 1.64. The number of fused-ring (bicyclic) bond motifs is 3. The van der Waals surface area contributed by atoms with Crippen LogP contribution in [0.3, 0.4) is 0 Å². The summed E-state index contributed by atoms with van der Waals surface area (Å²) in [5.41, 5.74) is 2.49. The van der Waals surface area contributed by atoms with Gasteiger partial charge in [-0.3, -0.25) is 14.5 Å². The van der Waals surface area contributed by atoms with Crippen molar-refractivity contribution in [1.29, 1.82) is 0 Å². The lowest BCUT2D eigenvalue weighted by molar-refractivity contribution is -0.142. The van der Waals surface area contributed by atoms with Gasteiger partial charge in [0.1, 0.15) is 5.75 Å². The van der Waals surface area contributed by atoms with E-state index in [2.05, 4.69) is 4.90 Å². The van der Waals surface area contributed by atoms with E-state index in [1.54, 1.807) is 7.11 Å². The van der Waals surface area contributed by atoms with Crippen LogP contribution >= 0.6 is 0 Å². The second kappa shape index (κ2) is 9.97. The first-order valence-corrected chi connectivity index (χ1v) is 12.3. The van der Waals surface area contributed by atoms with Gasteiger partial charge in [0.15, 0.2) is 0 Å². The summed E-state index contributed by atoms with van der Waals surface area (Å²) in [6, 6.07) is 11.0. The Morgan fingerprint density at radius 1 is 1.20 bits per heavy atom. The number of allylic oxidation sites excluding steroid dienone is 1. The number of para-hydroxylation sites is 1. The zero-order valence-electron chi connectivity index (χ0n) is 20.3. The Hall–Kier alpha value is -2.94. The minimum Gasteiger partial charge on any atom is -0.496 e. The van der Waals surface area contributed by atoms with E-state index < -0.39 is 6.04 Å². The normalized spacial score (nSPS) is 26.2. The van der Waals surface area contributed by atoms with Crippen LogP contribution in [0.2, 0.25) is 0 Å². The molecule has 0 bridgehead atoms. The highest BCUT2D eigenvalue weighted by atomic mass is 16.5. The molecule has 8 heteroatoms. The van der Waals surface area contributed by atoms with Crippen molar-refractivity contribution in [1.82, 2.24) is 14.4 Å². The average molecular weight is 480 g/mol. The fraction of sp³-hybridized carbons (Fsp3) is 0.481. The number of aliphatic hydroxyl groups excluding tert-OH is 1. The molecule has 5 rings (SSSR count). The van der Waals surface area contributed by atoms with Crippen LogP contribution in [0.5, 0.6) is 5.75 Å². The lowest BCUT2D eigenvalue weighted by atomic mass is 9.88. The Morgan fingerprint density at radius 3 is 2.69 bits per heavy atom. The maximum atomic E-state index is 13.9. The first kappa shape index (κ1) is 23.8. The lowest BCUT2D eigenvalue weighted by Gasteiger charge is -2.36. The molecule has 2 saturated heterocycles. The molecule has 8 nitrogen and oxygen atoms in total. The third-order valence-corrected chi connectivity index (χ3v) is 7.69. The third-order valence-electron chi connectivity index (χ3n) is 7.69. The number of ether oxygens (including phenoxy) is 2. The highest BCUT2D eigenvalue weighted by Crippen LogP contribution is 2.50. The fourth-order valence-electron chi connectivity index (χ4n) is 6.09. The van der Waals surface area contributed by atoms with E-state index in [-0.39, 0.29) is 36.0 Å². The van der Waals surface area contributed by atoms with Crippen LogP contribution in [0.15, 0.2) is 47.3 Å². The number of aromatic nitrogens is 1. The molecule has 2 aromatic rings. The van der Waals surface area contributed by atoms with Crippen LogP contribution in [-0.4, -0.2) is 71.4 Å². The molecular formula is C27H33N3O5. The fourth-order valence-corrected chi connectivity index (χ4v) is 6.09. The van der Waals surface area contributed by atoms with Gasteiger partial charge in [0, 0.05) is 61.4 Å². The van der Waals surface area contributed by atoms with Gasteiger partial charge in [0.05, 0.1) is 32.4 Å². The molecule has 4 atom stereocenters. The summed E-state index contributed by atoms with van der Waals surface area (Å²) in [5, 5.41) is 10.6. The number of amides is 1. The van der Waals surface area contributed by atoms with Crippen LogP contribution in [0.4, 0.5) is 0 Å². The van der Waals surface area contributed by atoms with Crippen LogP contribution in [-0.2, 0) is 22.6 Å². The second-order valence-electron chi connectivity index (χ2n) is 9.45. The van der Waals surface area contributed by atoms with Gasteiger partial charge in [0.2, 0.25) is 5.91 Å². The van der Waals surface area contributed by atoms with Crippen molar-refractivity contribution in [2.45, 2.75) is 32.1 Å². The number of carbonyl (C=O) groups is 1. The molecule has 1 amide bonds. The molecule has 186 valence electrons. The number of hydrogen-bond donors (Lipinski definition) is 1. The second-order valence-corrected chi connectivity index (χ2v) is 9.45. The van der Waals surface area contributed by atoms with Crippen LogP contribution in [0, 0.1) is 11.8 Å². The van der Waals surface area contributed by atoms with Crippen molar-refractivity contribution in [3.05, 3.63) is 69.6 Å². The van der Waals surface area contributed by atoms with Crippen molar-refractivity contribution in [2.24, 2.45) is 11.8 Å². The van der Waals surface area contributed by atoms with E-state index in [1.807, 2.05) is 64.9 Å². The number of hydrogen-bond acceptors (Lipinski definition) is 6. The number of pyridine rings is 1. The van der Waals surface area contributed by atoms with Gasteiger partial charge in [-0.1, -0.05) is 30.4 Å².